The molecule has 0 spiro atoms. The van der Waals surface area contributed by atoms with Gasteiger partial charge in [-0.15, -0.1) is 12.3 Å². The predicted octanol–water partition coefficient (Wildman–Crippen LogP) is 1.62. The summed E-state index contributed by atoms with van der Waals surface area (Å²) in [6.45, 7) is 3.73. The van der Waals surface area contributed by atoms with E-state index < -0.39 is 11.4 Å². The van der Waals surface area contributed by atoms with Gasteiger partial charge in [0, 0.05) is 12.5 Å². The maximum atomic E-state index is 11.1. The molecule has 0 rings (SSSR count). The van der Waals surface area contributed by atoms with Gasteiger partial charge in [-0.05, 0) is 26.2 Å². The van der Waals surface area contributed by atoms with E-state index in [9.17, 15) is 4.79 Å². The van der Waals surface area contributed by atoms with Crippen molar-refractivity contribution in [2.75, 3.05) is 0 Å². The molecular weight excluding hydrogens is 178 g/mol. The molecule has 0 saturated heterocycles. The first-order valence-electron chi connectivity index (χ1n) is 4.91. The van der Waals surface area contributed by atoms with Crippen LogP contribution in [0.2, 0.25) is 0 Å². The van der Waals surface area contributed by atoms with Crippen LogP contribution in [-0.2, 0) is 4.79 Å². The van der Waals surface area contributed by atoms with Crippen molar-refractivity contribution in [3.05, 3.63) is 0 Å². The highest BCUT2D eigenvalue weighted by molar-refractivity contribution is 5.75. The lowest BCUT2D eigenvalue weighted by Gasteiger charge is -2.26. The van der Waals surface area contributed by atoms with Crippen molar-refractivity contribution < 1.29 is 9.90 Å². The average Bonchev–Trinajstić information content (AvgIpc) is 2.11. The SMILES string of the molecule is C#CCC(CC)(CCC(C)N)C(=O)O. The smallest absolute Gasteiger partial charge is 0.310 e. The van der Waals surface area contributed by atoms with E-state index >= 15 is 0 Å². The van der Waals surface area contributed by atoms with E-state index in [0.717, 1.165) is 0 Å². The Bertz CT molecular complexity index is 230. The van der Waals surface area contributed by atoms with Crippen LogP contribution in [0.1, 0.15) is 39.5 Å². The lowest BCUT2D eigenvalue weighted by molar-refractivity contribution is -0.149. The Labute approximate surface area is 85.7 Å². The summed E-state index contributed by atoms with van der Waals surface area (Å²) in [5, 5.41) is 9.13. The van der Waals surface area contributed by atoms with Crippen molar-refractivity contribution in [2.24, 2.45) is 11.1 Å². The molecular formula is C11H19NO2. The average molecular weight is 197 g/mol. The Morgan fingerprint density at radius 1 is 1.71 bits per heavy atom. The molecule has 0 saturated carbocycles. The lowest BCUT2D eigenvalue weighted by Crippen LogP contribution is -2.32. The van der Waals surface area contributed by atoms with E-state index in [-0.39, 0.29) is 12.5 Å². The van der Waals surface area contributed by atoms with Crippen LogP contribution in [0.3, 0.4) is 0 Å². The standard InChI is InChI=1S/C11H19NO2/c1-4-7-11(5-2,10(13)14)8-6-9(3)12/h1,9H,5-8,12H2,2-3H3,(H,13,14). The molecule has 80 valence electrons. The highest BCUT2D eigenvalue weighted by atomic mass is 16.4. The van der Waals surface area contributed by atoms with Gasteiger partial charge in [-0.3, -0.25) is 4.79 Å². The largest absolute Gasteiger partial charge is 0.481 e. The molecule has 0 bridgehead atoms. The first kappa shape index (κ1) is 13.0. The molecule has 0 aliphatic carbocycles. The van der Waals surface area contributed by atoms with Crippen LogP contribution < -0.4 is 5.73 Å². The van der Waals surface area contributed by atoms with Crippen LogP contribution in [0, 0.1) is 17.8 Å². The van der Waals surface area contributed by atoms with Gasteiger partial charge < -0.3 is 10.8 Å². The van der Waals surface area contributed by atoms with Gasteiger partial charge in [0.25, 0.3) is 0 Å². The van der Waals surface area contributed by atoms with Gasteiger partial charge in [0.05, 0.1) is 5.41 Å². The van der Waals surface area contributed by atoms with E-state index in [1.54, 1.807) is 0 Å². The maximum absolute atomic E-state index is 11.1. The number of carboxylic acid groups (broad SMARTS) is 1. The van der Waals surface area contributed by atoms with Gasteiger partial charge in [0.15, 0.2) is 0 Å². The maximum Gasteiger partial charge on any atom is 0.310 e. The summed E-state index contributed by atoms with van der Waals surface area (Å²) in [4.78, 5) is 11.1. The van der Waals surface area contributed by atoms with Crippen LogP contribution in [-0.4, -0.2) is 17.1 Å². The molecule has 3 N–H and O–H groups in total. The third-order valence-corrected chi connectivity index (χ3v) is 2.65. The van der Waals surface area contributed by atoms with Crippen molar-refractivity contribution in [1.29, 1.82) is 0 Å². The zero-order valence-electron chi connectivity index (χ0n) is 8.92. The van der Waals surface area contributed by atoms with Crippen molar-refractivity contribution >= 4 is 5.97 Å². The van der Waals surface area contributed by atoms with Gasteiger partial charge in [-0.1, -0.05) is 6.92 Å². The summed E-state index contributed by atoms with van der Waals surface area (Å²) in [7, 11) is 0. The van der Waals surface area contributed by atoms with E-state index in [4.69, 9.17) is 17.3 Å². The fourth-order valence-electron chi connectivity index (χ4n) is 1.42. The second-order valence-electron chi connectivity index (χ2n) is 3.84. The summed E-state index contributed by atoms with van der Waals surface area (Å²) in [5.74, 6) is 1.64. The zero-order valence-corrected chi connectivity index (χ0v) is 8.92. The number of terminal acetylenes is 1. The Balaban J connectivity index is 4.52. The van der Waals surface area contributed by atoms with Crippen molar-refractivity contribution in [1.82, 2.24) is 0 Å². The highest BCUT2D eigenvalue weighted by Crippen LogP contribution is 2.32. The Morgan fingerprint density at radius 2 is 2.29 bits per heavy atom. The number of carbonyl (C=O) groups is 1. The minimum absolute atomic E-state index is 0.0260. The molecule has 2 atom stereocenters. The molecule has 0 amide bonds. The minimum atomic E-state index is -0.807. The first-order valence-corrected chi connectivity index (χ1v) is 4.91. The molecule has 3 heteroatoms. The second kappa shape index (κ2) is 5.66. The molecule has 0 radical (unpaired) electrons. The number of hydrogen-bond acceptors (Lipinski definition) is 2. The van der Waals surface area contributed by atoms with Gasteiger partial charge in [-0.2, -0.15) is 0 Å². The highest BCUT2D eigenvalue weighted by Gasteiger charge is 2.35. The topological polar surface area (TPSA) is 63.3 Å². The summed E-state index contributed by atoms with van der Waals surface area (Å²) < 4.78 is 0. The summed E-state index contributed by atoms with van der Waals surface area (Å²) in [6, 6.07) is 0.0260. The van der Waals surface area contributed by atoms with Gasteiger partial charge in [-0.25, -0.2) is 0 Å². The molecule has 0 aromatic rings. The molecule has 14 heavy (non-hydrogen) atoms. The number of aliphatic carboxylic acids is 1. The molecule has 3 nitrogen and oxygen atoms in total. The third-order valence-electron chi connectivity index (χ3n) is 2.65. The monoisotopic (exact) mass is 197 g/mol. The van der Waals surface area contributed by atoms with Crippen molar-refractivity contribution in [2.45, 2.75) is 45.6 Å². The Morgan fingerprint density at radius 3 is 2.57 bits per heavy atom. The minimum Gasteiger partial charge on any atom is -0.481 e. The number of nitrogens with two attached hydrogens (primary N) is 1. The Kier molecular flexibility index (Phi) is 5.26. The Hall–Kier alpha value is -1.01. The summed E-state index contributed by atoms with van der Waals surface area (Å²) in [5.41, 5.74) is 4.83. The fourth-order valence-corrected chi connectivity index (χ4v) is 1.42. The van der Waals surface area contributed by atoms with E-state index in [1.807, 2.05) is 13.8 Å². The summed E-state index contributed by atoms with van der Waals surface area (Å²) in [6.07, 6.45) is 7.28. The first-order chi connectivity index (χ1) is 6.48. The molecule has 0 aliphatic heterocycles. The fraction of sp³-hybridized carbons (Fsp3) is 0.727. The van der Waals surface area contributed by atoms with E-state index in [2.05, 4.69) is 5.92 Å². The van der Waals surface area contributed by atoms with Gasteiger partial charge >= 0.3 is 5.97 Å². The normalized spacial score (nSPS) is 16.7. The van der Waals surface area contributed by atoms with Crippen LogP contribution in [0.25, 0.3) is 0 Å². The van der Waals surface area contributed by atoms with Crippen molar-refractivity contribution in [3.8, 4) is 12.3 Å². The predicted molar refractivity (Wildman–Crippen MR) is 56.7 cm³/mol. The molecule has 0 fully saturated rings. The zero-order chi connectivity index (χ0) is 11.2. The molecule has 0 aromatic heterocycles. The van der Waals surface area contributed by atoms with E-state index in [0.29, 0.717) is 19.3 Å². The number of rotatable bonds is 6. The molecule has 0 heterocycles. The van der Waals surface area contributed by atoms with Crippen LogP contribution in [0.5, 0.6) is 0 Å². The van der Waals surface area contributed by atoms with Crippen LogP contribution >= 0.6 is 0 Å². The van der Waals surface area contributed by atoms with Crippen LogP contribution in [0.4, 0.5) is 0 Å². The number of carboxylic acids is 1. The molecule has 0 aliphatic rings. The molecule has 2 unspecified atom stereocenters. The van der Waals surface area contributed by atoms with Gasteiger partial charge in [0.2, 0.25) is 0 Å². The summed E-state index contributed by atoms with van der Waals surface area (Å²) >= 11 is 0. The van der Waals surface area contributed by atoms with Gasteiger partial charge in [0.1, 0.15) is 0 Å². The third kappa shape index (κ3) is 3.39. The quantitative estimate of drug-likeness (QED) is 0.636. The lowest BCUT2D eigenvalue weighted by atomic mass is 9.77. The van der Waals surface area contributed by atoms with Crippen molar-refractivity contribution in [3.63, 3.8) is 0 Å². The van der Waals surface area contributed by atoms with E-state index in [1.165, 1.54) is 0 Å². The number of hydrogen-bond donors (Lipinski definition) is 2. The molecule has 0 aromatic carbocycles. The second-order valence-corrected chi connectivity index (χ2v) is 3.84. The van der Waals surface area contributed by atoms with Crippen LogP contribution in [0.15, 0.2) is 0 Å².